The molecule has 0 spiro atoms. The lowest BCUT2D eigenvalue weighted by atomic mass is 10.1. The van der Waals surface area contributed by atoms with Crippen LogP contribution in [0, 0.1) is 0 Å². The highest BCUT2D eigenvalue weighted by atomic mass is 16.4. The lowest BCUT2D eigenvalue weighted by Gasteiger charge is -2.32. The summed E-state index contributed by atoms with van der Waals surface area (Å²) in [5.74, 6) is -0.960. The van der Waals surface area contributed by atoms with E-state index in [9.17, 15) is 9.59 Å². The molecule has 0 aromatic heterocycles. The predicted octanol–water partition coefficient (Wildman–Crippen LogP) is 1.52. The zero-order valence-electron chi connectivity index (χ0n) is 12.9. The Morgan fingerprint density at radius 3 is 2.19 bits per heavy atom. The van der Waals surface area contributed by atoms with Gasteiger partial charge in [-0.3, -0.25) is 0 Å². The number of amides is 2. The number of likely N-dealkylation sites (N-methyl/N-ethyl adjacent to an activating group) is 1. The van der Waals surface area contributed by atoms with Crippen LogP contribution in [-0.4, -0.2) is 48.2 Å². The first-order chi connectivity index (χ1) is 9.72. The van der Waals surface area contributed by atoms with Crippen molar-refractivity contribution in [2.45, 2.75) is 25.9 Å². The van der Waals surface area contributed by atoms with Crippen LogP contribution < -0.4 is 10.6 Å². The van der Waals surface area contributed by atoms with Gasteiger partial charge < -0.3 is 20.6 Å². The van der Waals surface area contributed by atoms with Crippen molar-refractivity contribution in [3.8, 4) is 0 Å². The summed E-state index contributed by atoms with van der Waals surface area (Å²) < 4.78 is 0. The van der Waals surface area contributed by atoms with E-state index in [4.69, 9.17) is 5.11 Å². The molecule has 6 heteroatoms. The monoisotopic (exact) mass is 293 g/mol. The molecule has 6 nitrogen and oxygen atoms in total. The number of hydrogen-bond acceptors (Lipinski definition) is 3. The lowest BCUT2D eigenvalue weighted by molar-refractivity contribution is 0.0697. The van der Waals surface area contributed by atoms with Crippen molar-refractivity contribution < 1.29 is 14.7 Å². The molecule has 3 N–H and O–H groups in total. The van der Waals surface area contributed by atoms with E-state index in [-0.39, 0.29) is 17.1 Å². The molecule has 0 heterocycles. The molecule has 0 aliphatic carbocycles. The molecule has 1 aromatic carbocycles. The molecular weight excluding hydrogens is 270 g/mol. The highest BCUT2D eigenvalue weighted by molar-refractivity contribution is 5.87. The van der Waals surface area contributed by atoms with Gasteiger partial charge in [-0.15, -0.1) is 0 Å². The van der Waals surface area contributed by atoms with Crippen molar-refractivity contribution in [2.24, 2.45) is 0 Å². The van der Waals surface area contributed by atoms with E-state index in [1.165, 1.54) is 12.1 Å². The molecule has 0 bridgehead atoms. The number of benzene rings is 1. The second-order valence-electron chi connectivity index (χ2n) is 5.75. The quantitative estimate of drug-likeness (QED) is 0.743. The summed E-state index contributed by atoms with van der Waals surface area (Å²) in [5, 5.41) is 14.4. The van der Waals surface area contributed by atoms with Crippen molar-refractivity contribution in [3.63, 3.8) is 0 Å². The Hall–Kier alpha value is -2.08. The third-order valence-electron chi connectivity index (χ3n) is 3.55. The summed E-state index contributed by atoms with van der Waals surface area (Å²) in [4.78, 5) is 24.5. The number of rotatable bonds is 6. The van der Waals surface area contributed by atoms with Gasteiger partial charge in [0, 0.05) is 18.6 Å². The predicted molar refractivity (Wildman–Crippen MR) is 81.4 cm³/mol. The van der Waals surface area contributed by atoms with Crippen LogP contribution >= 0.6 is 0 Å². The van der Waals surface area contributed by atoms with Crippen molar-refractivity contribution in [2.75, 3.05) is 20.6 Å². The number of hydrogen-bond donors (Lipinski definition) is 3. The summed E-state index contributed by atoms with van der Waals surface area (Å²) in [7, 11) is 3.92. The average Bonchev–Trinajstić information content (AvgIpc) is 2.43. The first-order valence-corrected chi connectivity index (χ1v) is 6.74. The first-order valence-electron chi connectivity index (χ1n) is 6.74. The van der Waals surface area contributed by atoms with E-state index >= 15 is 0 Å². The molecule has 1 rings (SSSR count). The highest BCUT2D eigenvalue weighted by Gasteiger charge is 2.20. The molecule has 0 fully saturated rings. The van der Waals surface area contributed by atoms with Gasteiger partial charge >= 0.3 is 12.0 Å². The molecule has 0 radical (unpaired) electrons. The second kappa shape index (κ2) is 7.08. The van der Waals surface area contributed by atoms with E-state index in [0.29, 0.717) is 13.1 Å². The normalized spacial score (nSPS) is 11.3. The third kappa shape index (κ3) is 5.43. The Labute approximate surface area is 125 Å². The van der Waals surface area contributed by atoms with Gasteiger partial charge in [-0.2, -0.15) is 0 Å². The first kappa shape index (κ1) is 17.0. The van der Waals surface area contributed by atoms with Crippen LogP contribution in [0.3, 0.4) is 0 Å². The van der Waals surface area contributed by atoms with Crippen molar-refractivity contribution in [1.82, 2.24) is 15.5 Å². The Morgan fingerprint density at radius 1 is 1.14 bits per heavy atom. The molecule has 1 aromatic rings. The summed E-state index contributed by atoms with van der Waals surface area (Å²) in [6.45, 7) is 4.97. The van der Waals surface area contributed by atoms with Crippen molar-refractivity contribution in [1.29, 1.82) is 0 Å². The van der Waals surface area contributed by atoms with Crippen LogP contribution in [0.15, 0.2) is 24.3 Å². The van der Waals surface area contributed by atoms with Crippen LogP contribution in [0.4, 0.5) is 4.79 Å². The van der Waals surface area contributed by atoms with E-state index in [0.717, 1.165) is 5.56 Å². The van der Waals surface area contributed by atoms with Gasteiger partial charge in [0.1, 0.15) is 0 Å². The second-order valence-corrected chi connectivity index (χ2v) is 5.75. The Kier molecular flexibility index (Phi) is 5.72. The number of carbonyl (C=O) groups is 2. The molecule has 0 saturated heterocycles. The van der Waals surface area contributed by atoms with Crippen molar-refractivity contribution in [3.05, 3.63) is 35.4 Å². The largest absolute Gasteiger partial charge is 0.478 e. The minimum absolute atomic E-state index is 0.125. The van der Waals surface area contributed by atoms with Crippen LogP contribution in [0.1, 0.15) is 29.8 Å². The van der Waals surface area contributed by atoms with Crippen LogP contribution in [0.5, 0.6) is 0 Å². The number of urea groups is 1. The molecule has 21 heavy (non-hydrogen) atoms. The van der Waals surface area contributed by atoms with Gasteiger partial charge in [0.2, 0.25) is 0 Å². The maximum absolute atomic E-state index is 11.7. The highest BCUT2D eigenvalue weighted by Crippen LogP contribution is 2.07. The zero-order chi connectivity index (χ0) is 16.0. The van der Waals surface area contributed by atoms with Gasteiger partial charge in [-0.1, -0.05) is 12.1 Å². The molecule has 0 aliphatic heterocycles. The summed E-state index contributed by atoms with van der Waals surface area (Å²) in [5.41, 5.74) is 0.957. The zero-order valence-corrected chi connectivity index (χ0v) is 12.9. The number of nitrogens with zero attached hydrogens (tertiary/aromatic N) is 1. The fraction of sp³-hybridized carbons (Fsp3) is 0.467. The maximum Gasteiger partial charge on any atom is 0.335 e. The van der Waals surface area contributed by atoms with Crippen LogP contribution in [0.25, 0.3) is 0 Å². The molecular formula is C15H23N3O3. The fourth-order valence-corrected chi connectivity index (χ4v) is 1.46. The van der Waals surface area contributed by atoms with Gasteiger partial charge in [0.05, 0.1) is 5.56 Å². The van der Waals surface area contributed by atoms with E-state index in [1.54, 1.807) is 12.1 Å². The minimum atomic E-state index is -0.960. The van der Waals surface area contributed by atoms with Gasteiger partial charge in [-0.25, -0.2) is 9.59 Å². The average molecular weight is 293 g/mol. The number of nitrogens with one attached hydrogen (secondary N) is 2. The Bertz CT molecular complexity index is 495. The van der Waals surface area contributed by atoms with Crippen LogP contribution in [0.2, 0.25) is 0 Å². The Morgan fingerprint density at radius 2 is 1.71 bits per heavy atom. The number of carboxylic acids is 1. The SMILES string of the molecule is CN(C)C(C)(C)CNC(=O)NCc1ccc(C(=O)O)cc1. The molecule has 2 amide bonds. The topological polar surface area (TPSA) is 81.7 Å². The van der Waals surface area contributed by atoms with Crippen LogP contribution in [-0.2, 0) is 6.54 Å². The third-order valence-corrected chi connectivity index (χ3v) is 3.55. The van der Waals surface area contributed by atoms with Gasteiger partial charge in [-0.05, 0) is 45.6 Å². The number of carbonyl (C=O) groups excluding carboxylic acids is 1. The number of aromatic carboxylic acids is 1. The molecule has 0 unspecified atom stereocenters. The summed E-state index contributed by atoms with van der Waals surface area (Å²) in [6.07, 6.45) is 0. The van der Waals surface area contributed by atoms with Gasteiger partial charge in [0.25, 0.3) is 0 Å². The fourth-order valence-electron chi connectivity index (χ4n) is 1.46. The standard InChI is InChI=1S/C15H23N3O3/c1-15(2,18(3)4)10-17-14(21)16-9-11-5-7-12(8-6-11)13(19)20/h5-8H,9-10H2,1-4H3,(H,19,20)(H2,16,17,21). The summed E-state index contributed by atoms with van der Waals surface area (Å²) >= 11 is 0. The molecule has 0 saturated carbocycles. The molecule has 0 aliphatic rings. The lowest BCUT2D eigenvalue weighted by Crippen LogP contribution is -2.50. The summed E-state index contributed by atoms with van der Waals surface area (Å²) in [6, 6.07) is 6.17. The van der Waals surface area contributed by atoms with E-state index in [2.05, 4.69) is 10.6 Å². The number of carboxylic acid groups (broad SMARTS) is 1. The Balaban J connectivity index is 2.41. The minimum Gasteiger partial charge on any atom is -0.478 e. The maximum atomic E-state index is 11.7. The van der Waals surface area contributed by atoms with Gasteiger partial charge in [0.15, 0.2) is 0 Å². The van der Waals surface area contributed by atoms with Crippen molar-refractivity contribution >= 4 is 12.0 Å². The smallest absolute Gasteiger partial charge is 0.335 e. The molecule has 0 atom stereocenters. The van der Waals surface area contributed by atoms with E-state index in [1.807, 2.05) is 32.8 Å². The van der Waals surface area contributed by atoms with E-state index < -0.39 is 5.97 Å². The molecule has 116 valence electrons.